The number of amides is 3. The molecule has 0 saturated carbocycles. The summed E-state index contributed by atoms with van der Waals surface area (Å²) >= 11 is 0. The van der Waals surface area contributed by atoms with Gasteiger partial charge in [0, 0.05) is 43.4 Å². The molecule has 3 N–H and O–H groups in total. The lowest BCUT2D eigenvalue weighted by molar-refractivity contribution is -0.115. The van der Waals surface area contributed by atoms with Gasteiger partial charge in [-0.3, -0.25) is 19.3 Å². The first-order valence-corrected chi connectivity index (χ1v) is 10.6. The number of nitrogens with one attached hydrogen (secondary N) is 3. The third kappa shape index (κ3) is 7.86. The van der Waals surface area contributed by atoms with Crippen molar-refractivity contribution < 1.29 is 14.4 Å². The average Bonchev–Trinajstić information content (AvgIpc) is 2.72. The second kappa shape index (κ2) is 11.9. The molecule has 0 aliphatic heterocycles. The molecule has 0 bridgehead atoms. The Hall–Kier alpha value is -3.19. The zero-order valence-corrected chi connectivity index (χ0v) is 18.7. The van der Waals surface area contributed by atoms with Crippen molar-refractivity contribution in [2.24, 2.45) is 0 Å². The van der Waals surface area contributed by atoms with Crippen LogP contribution in [0.1, 0.15) is 43.6 Å². The van der Waals surface area contributed by atoms with E-state index >= 15 is 0 Å². The molecular formula is C24H32N4O3. The van der Waals surface area contributed by atoms with Crippen LogP contribution < -0.4 is 16.0 Å². The molecule has 1 atom stereocenters. The maximum absolute atomic E-state index is 12.9. The predicted molar refractivity (Wildman–Crippen MR) is 124 cm³/mol. The number of hydrogen-bond donors (Lipinski definition) is 3. The molecule has 0 fully saturated rings. The van der Waals surface area contributed by atoms with E-state index in [-0.39, 0.29) is 23.8 Å². The molecule has 7 heteroatoms. The molecule has 2 aromatic carbocycles. The number of carbonyl (C=O) groups excluding carboxylic acids is 3. The van der Waals surface area contributed by atoms with Gasteiger partial charge in [-0.2, -0.15) is 0 Å². The maximum Gasteiger partial charge on any atom is 0.251 e. The lowest BCUT2D eigenvalue weighted by Gasteiger charge is -2.30. The van der Waals surface area contributed by atoms with Crippen molar-refractivity contribution in [1.29, 1.82) is 0 Å². The van der Waals surface area contributed by atoms with Crippen LogP contribution in [0.2, 0.25) is 0 Å². The molecule has 2 aromatic rings. The summed E-state index contributed by atoms with van der Waals surface area (Å²) in [4.78, 5) is 38.2. The molecule has 0 saturated heterocycles. The van der Waals surface area contributed by atoms with E-state index in [4.69, 9.17) is 0 Å². The van der Waals surface area contributed by atoms with Crippen LogP contribution in [-0.2, 0) is 16.0 Å². The van der Waals surface area contributed by atoms with Crippen molar-refractivity contribution in [1.82, 2.24) is 10.2 Å². The molecular weight excluding hydrogens is 392 g/mol. The quantitative estimate of drug-likeness (QED) is 0.546. The summed E-state index contributed by atoms with van der Waals surface area (Å²) in [5, 5.41) is 8.36. The van der Waals surface area contributed by atoms with E-state index in [1.165, 1.54) is 19.4 Å². The molecule has 2 rings (SSSR count). The fourth-order valence-electron chi connectivity index (χ4n) is 3.58. The van der Waals surface area contributed by atoms with E-state index in [1.807, 2.05) is 18.2 Å². The lowest BCUT2D eigenvalue weighted by atomic mass is 10.0. The first kappa shape index (κ1) is 24.1. The Bertz CT molecular complexity index is 861. The number of likely N-dealkylation sites (N-methyl/N-ethyl adjacent to an activating group) is 1. The van der Waals surface area contributed by atoms with Gasteiger partial charge in [-0.05, 0) is 43.3 Å². The molecule has 0 aliphatic rings. The van der Waals surface area contributed by atoms with Gasteiger partial charge in [0.1, 0.15) is 0 Å². The summed E-state index contributed by atoms with van der Waals surface area (Å²) in [6, 6.07) is 15.2. The van der Waals surface area contributed by atoms with Gasteiger partial charge in [0.2, 0.25) is 11.8 Å². The van der Waals surface area contributed by atoms with Crippen LogP contribution in [-0.4, -0.2) is 48.3 Å². The molecule has 0 aromatic heterocycles. The summed E-state index contributed by atoms with van der Waals surface area (Å²) in [5.74, 6) is -0.768. The number of rotatable bonds is 10. The van der Waals surface area contributed by atoms with Gasteiger partial charge in [0.25, 0.3) is 5.91 Å². The summed E-state index contributed by atoms with van der Waals surface area (Å²) in [7, 11) is 0. The van der Waals surface area contributed by atoms with Gasteiger partial charge in [-0.1, -0.05) is 44.2 Å². The molecule has 1 unspecified atom stereocenters. The Kier molecular flexibility index (Phi) is 9.21. The van der Waals surface area contributed by atoms with Gasteiger partial charge in [0.15, 0.2) is 0 Å². The van der Waals surface area contributed by atoms with Crippen molar-refractivity contribution in [3.05, 3.63) is 59.7 Å². The Labute approximate surface area is 184 Å². The number of hydrogen-bond acceptors (Lipinski definition) is 4. The zero-order chi connectivity index (χ0) is 22.8. The van der Waals surface area contributed by atoms with Crippen molar-refractivity contribution in [2.75, 3.05) is 30.3 Å². The monoisotopic (exact) mass is 424 g/mol. The standard InChI is InChI=1S/C24H32N4O3/c1-5-28(6-2)23(12-19-10-8-7-9-11-19)16-25-24(31)20-13-21(26-17(3)29)15-22(14-20)27-18(4)30/h7-11,13-15,23H,5-6,12,16H2,1-4H3,(H,25,31)(H,26,29)(H,27,30). The third-order valence-electron chi connectivity index (χ3n) is 4.98. The van der Waals surface area contributed by atoms with E-state index in [0.717, 1.165) is 19.5 Å². The van der Waals surface area contributed by atoms with Crippen LogP contribution in [0, 0.1) is 0 Å². The SMILES string of the molecule is CCN(CC)C(CNC(=O)c1cc(NC(C)=O)cc(NC(C)=O)c1)Cc1ccccc1. The van der Waals surface area contributed by atoms with Gasteiger partial charge in [-0.25, -0.2) is 0 Å². The van der Waals surface area contributed by atoms with Crippen LogP contribution in [0.3, 0.4) is 0 Å². The molecule has 166 valence electrons. The highest BCUT2D eigenvalue weighted by molar-refractivity contribution is 5.99. The molecule has 31 heavy (non-hydrogen) atoms. The van der Waals surface area contributed by atoms with Gasteiger partial charge in [0.05, 0.1) is 0 Å². The summed E-state index contributed by atoms with van der Waals surface area (Å²) in [6.45, 7) is 9.25. The Morgan fingerprint density at radius 1 is 0.871 bits per heavy atom. The van der Waals surface area contributed by atoms with E-state index in [0.29, 0.717) is 23.5 Å². The predicted octanol–water partition coefficient (Wildman–Crippen LogP) is 3.29. The average molecular weight is 425 g/mol. The smallest absolute Gasteiger partial charge is 0.251 e. The highest BCUT2D eigenvalue weighted by Gasteiger charge is 2.18. The molecule has 0 heterocycles. The first-order chi connectivity index (χ1) is 14.8. The maximum atomic E-state index is 12.9. The van der Waals surface area contributed by atoms with E-state index in [9.17, 15) is 14.4 Å². The highest BCUT2D eigenvalue weighted by Crippen LogP contribution is 2.20. The second-order valence-electron chi connectivity index (χ2n) is 7.44. The van der Waals surface area contributed by atoms with Crippen LogP contribution in [0.5, 0.6) is 0 Å². The van der Waals surface area contributed by atoms with Crippen molar-refractivity contribution >= 4 is 29.1 Å². The number of carbonyl (C=O) groups is 3. The fourth-order valence-corrected chi connectivity index (χ4v) is 3.58. The largest absolute Gasteiger partial charge is 0.350 e. The second-order valence-corrected chi connectivity index (χ2v) is 7.44. The number of benzene rings is 2. The summed E-state index contributed by atoms with van der Waals surface area (Å²) < 4.78 is 0. The van der Waals surface area contributed by atoms with Crippen molar-refractivity contribution in [2.45, 2.75) is 40.2 Å². The zero-order valence-electron chi connectivity index (χ0n) is 18.7. The van der Waals surface area contributed by atoms with Crippen LogP contribution in [0.4, 0.5) is 11.4 Å². The molecule has 3 amide bonds. The Morgan fingerprint density at radius 2 is 1.42 bits per heavy atom. The van der Waals surface area contributed by atoms with Crippen molar-refractivity contribution in [3.63, 3.8) is 0 Å². The van der Waals surface area contributed by atoms with E-state index < -0.39 is 0 Å². The van der Waals surface area contributed by atoms with Crippen LogP contribution in [0.25, 0.3) is 0 Å². The normalized spacial score (nSPS) is 11.6. The highest BCUT2D eigenvalue weighted by atomic mass is 16.2. The van der Waals surface area contributed by atoms with Crippen LogP contribution >= 0.6 is 0 Å². The minimum atomic E-state index is -0.260. The van der Waals surface area contributed by atoms with Crippen LogP contribution in [0.15, 0.2) is 48.5 Å². The Balaban J connectivity index is 2.18. The summed E-state index contributed by atoms with van der Waals surface area (Å²) in [5.41, 5.74) is 2.49. The molecule has 0 radical (unpaired) electrons. The Morgan fingerprint density at radius 3 is 1.90 bits per heavy atom. The first-order valence-electron chi connectivity index (χ1n) is 10.6. The molecule has 0 aliphatic carbocycles. The topological polar surface area (TPSA) is 90.5 Å². The van der Waals surface area contributed by atoms with E-state index in [2.05, 4.69) is 46.8 Å². The fraction of sp³-hybridized carbons (Fsp3) is 0.375. The van der Waals surface area contributed by atoms with E-state index in [1.54, 1.807) is 18.2 Å². The lowest BCUT2D eigenvalue weighted by Crippen LogP contribution is -2.45. The van der Waals surface area contributed by atoms with Gasteiger partial charge in [-0.15, -0.1) is 0 Å². The van der Waals surface area contributed by atoms with Crippen molar-refractivity contribution in [3.8, 4) is 0 Å². The summed E-state index contributed by atoms with van der Waals surface area (Å²) in [6.07, 6.45) is 0.825. The third-order valence-corrected chi connectivity index (χ3v) is 4.98. The molecule has 0 spiro atoms. The molecule has 7 nitrogen and oxygen atoms in total. The van der Waals surface area contributed by atoms with Gasteiger partial charge >= 0.3 is 0 Å². The number of anilines is 2. The number of nitrogens with zero attached hydrogens (tertiary/aromatic N) is 1. The van der Waals surface area contributed by atoms with Gasteiger partial charge < -0.3 is 16.0 Å². The minimum absolute atomic E-state index is 0.148. The minimum Gasteiger partial charge on any atom is -0.350 e.